The van der Waals surface area contributed by atoms with E-state index in [1.165, 1.54) is 29.2 Å². The fourth-order valence-electron chi connectivity index (χ4n) is 3.00. The number of ether oxygens (including phenoxy) is 1. The molecule has 0 unspecified atom stereocenters. The fraction of sp³-hybridized carbons (Fsp3) is 0.273. The number of amides is 2. The molecule has 0 saturated carbocycles. The van der Waals surface area contributed by atoms with E-state index in [2.05, 4.69) is 5.32 Å². The Bertz CT molecular complexity index is 924. The molecular formula is C22H22ClFN2O3. The molecule has 2 amide bonds. The summed E-state index contributed by atoms with van der Waals surface area (Å²) >= 11 is 5.96. The molecule has 3 rings (SSSR count). The van der Waals surface area contributed by atoms with Crippen LogP contribution in [0.4, 0.5) is 10.1 Å². The van der Waals surface area contributed by atoms with E-state index >= 15 is 0 Å². The summed E-state index contributed by atoms with van der Waals surface area (Å²) in [6.07, 6.45) is 0.617. The maximum Gasteiger partial charge on any atom is 0.278 e. The number of halogens is 2. The van der Waals surface area contributed by atoms with Gasteiger partial charge >= 0.3 is 0 Å². The minimum atomic E-state index is -0.422. The van der Waals surface area contributed by atoms with Crippen LogP contribution in [0, 0.1) is 5.82 Å². The molecule has 29 heavy (non-hydrogen) atoms. The van der Waals surface area contributed by atoms with Gasteiger partial charge in [0, 0.05) is 23.9 Å². The predicted molar refractivity (Wildman–Crippen MR) is 111 cm³/mol. The Balaban J connectivity index is 1.88. The molecule has 2 aromatic carbocycles. The van der Waals surface area contributed by atoms with Gasteiger partial charge in [-0.25, -0.2) is 4.39 Å². The number of hydrogen-bond acceptors (Lipinski definition) is 4. The summed E-state index contributed by atoms with van der Waals surface area (Å²) in [4.78, 5) is 27.3. The van der Waals surface area contributed by atoms with Crippen LogP contribution in [0.15, 0.2) is 54.2 Å². The summed E-state index contributed by atoms with van der Waals surface area (Å²) in [6, 6.07) is 12.3. The quantitative estimate of drug-likeness (QED) is 0.509. The molecule has 0 bridgehead atoms. The number of imide groups is 1. The highest BCUT2D eigenvalue weighted by Crippen LogP contribution is 2.31. The van der Waals surface area contributed by atoms with Gasteiger partial charge < -0.3 is 10.1 Å². The number of carbonyl (C=O) groups excluding carboxylic acids is 2. The Labute approximate surface area is 174 Å². The zero-order valence-corrected chi connectivity index (χ0v) is 17.0. The van der Waals surface area contributed by atoms with E-state index < -0.39 is 5.91 Å². The molecule has 0 saturated heterocycles. The number of benzene rings is 2. The lowest BCUT2D eigenvalue weighted by molar-refractivity contribution is -0.137. The summed E-state index contributed by atoms with van der Waals surface area (Å²) in [5.74, 6) is -1.19. The number of carbonyl (C=O) groups is 2. The Morgan fingerprint density at radius 3 is 2.31 bits per heavy atom. The van der Waals surface area contributed by atoms with Gasteiger partial charge in [-0.1, -0.05) is 23.7 Å². The monoisotopic (exact) mass is 416 g/mol. The average molecular weight is 417 g/mol. The Hall–Kier alpha value is -2.70. The molecular weight excluding hydrogens is 395 g/mol. The van der Waals surface area contributed by atoms with E-state index in [4.69, 9.17) is 16.3 Å². The molecule has 0 aliphatic carbocycles. The molecule has 0 fully saturated rings. The molecule has 0 radical (unpaired) electrons. The standard InChI is InChI=1S/C22H22ClFN2O3/c1-14(2)29-13-3-12-26-21(27)19(15-4-6-16(23)7-5-15)20(22(26)28)25-18-10-8-17(24)9-11-18/h4-11,14,25H,3,12-13H2,1-2H3. The lowest BCUT2D eigenvalue weighted by atomic mass is 10.0. The summed E-state index contributed by atoms with van der Waals surface area (Å²) in [7, 11) is 0. The number of hydrogen-bond donors (Lipinski definition) is 1. The van der Waals surface area contributed by atoms with Crippen molar-refractivity contribution in [2.24, 2.45) is 0 Å². The number of rotatable bonds is 8. The van der Waals surface area contributed by atoms with Crippen molar-refractivity contribution in [3.05, 3.63) is 70.6 Å². The smallest absolute Gasteiger partial charge is 0.278 e. The highest BCUT2D eigenvalue weighted by Gasteiger charge is 2.38. The van der Waals surface area contributed by atoms with Gasteiger partial charge in [0.2, 0.25) is 0 Å². The van der Waals surface area contributed by atoms with Crippen LogP contribution in [0.1, 0.15) is 25.8 Å². The van der Waals surface area contributed by atoms with Crippen molar-refractivity contribution in [3.63, 3.8) is 0 Å². The maximum absolute atomic E-state index is 13.2. The third kappa shape index (κ3) is 5.02. The SMILES string of the molecule is CC(C)OCCCN1C(=O)C(Nc2ccc(F)cc2)=C(c2ccc(Cl)cc2)C1=O. The third-order valence-electron chi connectivity index (χ3n) is 4.39. The zero-order chi connectivity index (χ0) is 21.0. The maximum atomic E-state index is 13.2. The second-order valence-corrected chi connectivity index (χ2v) is 7.36. The lowest BCUT2D eigenvalue weighted by Crippen LogP contribution is -2.34. The summed E-state index contributed by atoms with van der Waals surface area (Å²) in [5.41, 5.74) is 1.52. The molecule has 1 heterocycles. The Kier molecular flexibility index (Phi) is 6.67. The lowest BCUT2D eigenvalue weighted by Gasteiger charge is -2.16. The molecule has 1 N–H and O–H groups in total. The topological polar surface area (TPSA) is 58.6 Å². The van der Waals surface area contributed by atoms with Crippen LogP contribution in [0.2, 0.25) is 5.02 Å². The van der Waals surface area contributed by atoms with E-state index in [0.29, 0.717) is 29.3 Å². The van der Waals surface area contributed by atoms with E-state index in [-0.39, 0.29) is 35.6 Å². The number of nitrogens with one attached hydrogen (secondary N) is 1. The van der Waals surface area contributed by atoms with Gasteiger partial charge in [0.25, 0.3) is 11.8 Å². The van der Waals surface area contributed by atoms with Crippen LogP contribution >= 0.6 is 11.6 Å². The largest absolute Gasteiger partial charge is 0.379 e. The number of nitrogens with zero attached hydrogens (tertiary/aromatic N) is 1. The third-order valence-corrected chi connectivity index (χ3v) is 4.64. The molecule has 2 aromatic rings. The highest BCUT2D eigenvalue weighted by atomic mass is 35.5. The first-order valence-electron chi connectivity index (χ1n) is 9.37. The van der Waals surface area contributed by atoms with E-state index in [0.717, 1.165) is 0 Å². The second kappa shape index (κ2) is 9.20. The zero-order valence-electron chi connectivity index (χ0n) is 16.2. The van der Waals surface area contributed by atoms with Gasteiger partial charge in [-0.05, 0) is 62.2 Å². The molecule has 5 nitrogen and oxygen atoms in total. The summed E-state index contributed by atoms with van der Waals surface area (Å²) < 4.78 is 18.7. The molecule has 0 spiro atoms. The Morgan fingerprint density at radius 1 is 1.03 bits per heavy atom. The van der Waals surface area contributed by atoms with Crippen LogP contribution in [-0.2, 0) is 14.3 Å². The van der Waals surface area contributed by atoms with Crippen molar-refractivity contribution in [2.75, 3.05) is 18.5 Å². The predicted octanol–water partition coefficient (Wildman–Crippen LogP) is 4.49. The van der Waals surface area contributed by atoms with Crippen molar-refractivity contribution in [3.8, 4) is 0 Å². The minimum Gasteiger partial charge on any atom is -0.379 e. The molecule has 1 aliphatic rings. The molecule has 152 valence electrons. The minimum absolute atomic E-state index is 0.0819. The molecule has 7 heteroatoms. The van der Waals surface area contributed by atoms with Gasteiger partial charge in [-0.2, -0.15) is 0 Å². The van der Waals surface area contributed by atoms with Gasteiger partial charge in [0.15, 0.2) is 0 Å². The van der Waals surface area contributed by atoms with Crippen LogP contribution in [0.3, 0.4) is 0 Å². The van der Waals surface area contributed by atoms with Crippen molar-refractivity contribution < 1.29 is 18.7 Å². The highest BCUT2D eigenvalue weighted by molar-refractivity contribution is 6.36. The van der Waals surface area contributed by atoms with Gasteiger partial charge in [-0.15, -0.1) is 0 Å². The van der Waals surface area contributed by atoms with Crippen LogP contribution in [0.25, 0.3) is 5.57 Å². The van der Waals surface area contributed by atoms with Crippen molar-refractivity contribution >= 4 is 34.7 Å². The van der Waals surface area contributed by atoms with Crippen LogP contribution < -0.4 is 5.32 Å². The van der Waals surface area contributed by atoms with Gasteiger partial charge in [-0.3, -0.25) is 14.5 Å². The number of anilines is 1. The molecule has 0 atom stereocenters. The molecule has 0 aromatic heterocycles. The van der Waals surface area contributed by atoms with E-state index in [1.54, 1.807) is 24.3 Å². The van der Waals surface area contributed by atoms with Crippen molar-refractivity contribution in [1.82, 2.24) is 4.90 Å². The van der Waals surface area contributed by atoms with Gasteiger partial charge in [0.1, 0.15) is 11.5 Å². The molecule has 1 aliphatic heterocycles. The summed E-state index contributed by atoms with van der Waals surface area (Å²) in [5, 5.41) is 3.52. The van der Waals surface area contributed by atoms with Crippen LogP contribution in [0.5, 0.6) is 0 Å². The first-order valence-corrected chi connectivity index (χ1v) is 9.75. The van der Waals surface area contributed by atoms with Gasteiger partial charge in [0.05, 0.1) is 11.7 Å². The second-order valence-electron chi connectivity index (χ2n) is 6.92. The first kappa shape index (κ1) is 21.0. The first-order chi connectivity index (χ1) is 13.9. The normalized spacial score (nSPS) is 14.3. The van der Waals surface area contributed by atoms with Crippen molar-refractivity contribution in [1.29, 1.82) is 0 Å². The fourth-order valence-corrected chi connectivity index (χ4v) is 3.12. The Morgan fingerprint density at radius 2 is 1.69 bits per heavy atom. The summed E-state index contributed by atoms with van der Waals surface area (Å²) in [6.45, 7) is 4.55. The van der Waals surface area contributed by atoms with E-state index in [1.807, 2.05) is 13.8 Å². The van der Waals surface area contributed by atoms with Crippen LogP contribution in [-0.4, -0.2) is 36.0 Å². The van der Waals surface area contributed by atoms with Crippen molar-refractivity contribution in [2.45, 2.75) is 26.4 Å². The van der Waals surface area contributed by atoms with E-state index in [9.17, 15) is 14.0 Å². The average Bonchev–Trinajstić information content (AvgIpc) is 2.91.